The van der Waals surface area contributed by atoms with Crippen molar-refractivity contribution in [1.82, 2.24) is 0 Å². The Hall–Kier alpha value is -1.08. The van der Waals surface area contributed by atoms with E-state index in [1.54, 1.807) is 12.2 Å². The Bertz CT molecular complexity index is 219. The van der Waals surface area contributed by atoms with E-state index >= 15 is 0 Å². The molecule has 66 valence electrons. The van der Waals surface area contributed by atoms with Crippen LogP contribution in [0.5, 0.6) is 0 Å². The fourth-order valence-electron chi connectivity index (χ4n) is 0.632. The van der Waals surface area contributed by atoms with E-state index in [0.29, 0.717) is 0 Å². The lowest BCUT2D eigenvalue weighted by atomic mass is 10.2. The predicted molar refractivity (Wildman–Crippen MR) is 53.9 cm³/mol. The van der Waals surface area contributed by atoms with Gasteiger partial charge in [0.05, 0.1) is 6.61 Å². The van der Waals surface area contributed by atoms with Crippen molar-refractivity contribution in [3.63, 3.8) is 0 Å². The summed E-state index contributed by atoms with van der Waals surface area (Å²) < 4.78 is 0. The topological polar surface area (TPSA) is 20.2 Å². The molecule has 0 aliphatic carbocycles. The van der Waals surface area contributed by atoms with Crippen LogP contribution in [0.3, 0.4) is 0 Å². The summed E-state index contributed by atoms with van der Waals surface area (Å²) in [6, 6.07) is 0. The lowest BCUT2D eigenvalue weighted by Crippen LogP contribution is -1.75. The van der Waals surface area contributed by atoms with Crippen LogP contribution in [0, 0.1) is 0 Å². The molecule has 1 heteroatoms. The van der Waals surface area contributed by atoms with E-state index in [9.17, 15) is 0 Å². The number of aliphatic hydroxyl groups excluding tert-OH is 1. The van der Waals surface area contributed by atoms with Gasteiger partial charge in [0.1, 0.15) is 0 Å². The molecule has 0 rings (SSSR count). The van der Waals surface area contributed by atoms with Gasteiger partial charge in [-0.2, -0.15) is 0 Å². The van der Waals surface area contributed by atoms with Crippen molar-refractivity contribution >= 4 is 0 Å². The van der Waals surface area contributed by atoms with Gasteiger partial charge in [-0.05, 0) is 13.8 Å². The largest absolute Gasteiger partial charge is 0.392 e. The molecule has 0 aliphatic rings. The second-order valence-electron chi connectivity index (χ2n) is 2.60. The van der Waals surface area contributed by atoms with Crippen molar-refractivity contribution in [1.29, 1.82) is 0 Å². The summed E-state index contributed by atoms with van der Waals surface area (Å²) in [4.78, 5) is 0. The third-order valence-electron chi connectivity index (χ3n) is 1.45. The summed E-state index contributed by atoms with van der Waals surface area (Å²) in [5, 5.41) is 8.55. The van der Waals surface area contributed by atoms with Crippen LogP contribution < -0.4 is 0 Å². The maximum Gasteiger partial charge on any atom is 0.0617 e. The summed E-state index contributed by atoms with van der Waals surface area (Å²) >= 11 is 0. The van der Waals surface area contributed by atoms with Crippen molar-refractivity contribution in [2.24, 2.45) is 0 Å². The van der Waals surface area contributed by atoms with E-state index in [1.807, 2.05) is 32.1 Å². The fourth-order valence-corrected chi connectivity index (χ4v) is 0.632. The monoisotopic (exact) mass is 164 g/mol. The molecule has 0 aliphatic heterocycles. The molecule has 1 nitrogen and oxygen atoms in total. The van der Waals surface area contributed by atoms with Crippen LogP contribution in [0.15, 0.2) is 48.1 Å². The van der Waals surface area contributed by atoms with Gasteiger partial charge in [0.25, 0.3) is 0 Å². The first-order valence-corrected chi connectivity index (χ1v) is 3.95. The second kappa shape index (κ2) is 6.62. The Morgan fingerprint density at radius 2 is 2.00 bits per heavy atom. The standard InChI is InChI=1S/C11H16O/c1-4-10(2)6-5-7-11(3)8-9-12/h4-8,12H,1,9H2,2-3H3/b7-5+,10-6+,11-8+. The highest BCUT2D eigenvalue weighted by molar-refractivity contribution is 5.25. The van der Waals surface area contributed by atoms with E-state index in [4.69, 9.17) is 5.11 Å². The average Bonchev–Trinajstić information content (AvgIpc) is 2.04. The van der Waals surface area contributed by atoms with Crippen LogP contribution in [0.4, 0.5) is 0 Å². The molecule has 0 atom stereocenters. The molecule has 1 N–H and O–H groups in total. The van der Waals surface area contributed by atoms with Gasteiger partial charge in [0.2, 0.25) is 0 Å². The summed E-state index contributed by atoms with van der Waals surface area (Å²) in [5.41, 5.74) is 2.19. The quantitative estimate of drug-likeness (QED) is 0.633. The predicted octanol–water partition coefficient (Wildman–Crippen LogP) is 2.61. The summed E-state index contributed by atoms with van der Waals surface area (Å²) in [6.07, 6.45) is 9.42. The molecule has 0 saturated heterocycles. The second-order valence-corrected chi connectivity index (χ2v) is 2.60. The SMILES string of the molecule is C=C/C(C)=C/C=C/C(C)=C/CO. The molecule has 0 aromatic heterocycles. The minimum Gasteiger partial charge on any atom is -0.392 e. The molecular formula is C11H16O. The minimum absolute atomic E-state index is 0.0975. The van der Waals surface area contributed by atoms with E-state index in [2.05, 4.69) is 6.58 Å². The normalized spacial score (nSPS) is 13.9. The summed E-state index contributed by atoms with van der Waals surface area (Å²) in [6.45, 7) is 7.67. The molecule has 0 fully saturated rings. The first kappa shape index (κ1) is 10.9. The molecule has 0 radical (unpaired) electrons. The molecule has 12 heavy (non-hydrogen) atoms. The first-order chi connectivity index (χ1) is 5.70. The highest BCUT2D eigenvalue weighted by Crippen LogP contribution is 1.97. The van der Waals surface area contributed by atoms with E-state index < -0.39 is 0 Å². The number of aliphatic hydroxyl groups is 1. The number of hydrogen-bond acceptors (Lipinski definition) is 1. The van der Waals surface area contributed by atoms with E-state index in [-0.39, 0.29) is 6.61 Å². The first-order valence-electron chi connectivity index (χ1n) is 3.95. The minimum atomic E-state index is 0.0975. The smallest absolute Gasteiger partial charge is 0.0617 e. The van der Waals surface area contributed by atoms with Gasteiger partial charge in [0.15, 0.2) is 0 Å². The fraction of sp³-hybridized carbons (Fsp3) is 0.273. The van der Waals surface area contributed by atoms with Crippen molar-refractivity contribution in [3.05, 3.63) is 48.1 Å². The van der Waals surface area contributed by atoms with Crippen LogP contribution in [-0.4, -0.2) is 11.7 Å². The maximum absolute atomic E-state index is 8.55. The zero-order valence-corrected chi connectivity index (χ0v) is 7.75. The van der Waals surface area contributed by atoms with E-state index in [0.717, 1.165) is 11.1 Å². The Morgan fingerprint density at radius 1 is 1.33 bits per heavy atom. The third-order valence-corrected chi connectivity index (χ3v) is 1.45. The Labute approximate surface area is 74.4 Å². The molecule has 0 saturated carbocycles. The van der Waals surface area contributed by atoms with Crippen LogP contribution in [0.2, 0.25) is 0 Å². The molecular weight excluding hydrogens is 148 g/mol. The van der Waals surface area contributed by atoms with Gasteiger partial charge in [-0.3, -0.25) is 0 Å². The Kier molecular flexibility index (Phi) is 6.02. The molecule has 0 amide bonds. The van der Waals surface area contributed by atoms with Crippen molar-refractivity contribution in [3.8, 4) is 0 Å². The number of hydrogen-bond donors (Lipinski definition) is 1. The molecule has 0 aromatic rings. The lowest BCUT2D eigenvalue weighted by molar-refractivity contribution is 0.342. The zero-order valence-electron chi connectivity index (χ0n) is 7.75. The molecule has 0 bridgehead atoms. The Morgan fingerprint density at radius 3 is 2.50 bits per heavy atom. The van der Waals surface area contributed by atoms with E-state index in [1.165, 1.54) is 0 Å². The van der Waals surface area contributed by atoms with Crippen LogP contribution in [-0.2, 0) is 0 Å². The zero-order chi connectivity index (χ0) is 9.40. The number of allylic oxidation sites excluding steroid dienone is 6. The van der Waals surface area contributed by atoms with Crippen molar-refractivity contribution in [2.45, 2.75) is 13.8 Å². The molecule has 0 heterocycles. The van der Waals surface area contributed by atoms with Gasteiger partial charge in [0, 0.05) is 0 Å². The summed E-state index contributed by atoms with van der Waals surface area (Å²) in [7, 11) is 0. The summed E-state index contributed by atoms with van der Waals surface area (Å²) in [5.74, 6) is 0. The van der Waals surface area contributed by atoms with Crippen LogP contribution in [0.25, 0.3) is 0 Å². The molecule has 0 unspecified atom stereocenters. The highest BCUT2D eigenvalue weighted by Gasteiger charge is 1.78. The van der Waals surface area contributed by atoms with Gasteiger partial charge in [-0.15, -0.1) is 0 Å². The average molecular weight is 164 g/mol. The van der Waals surface area contributed by atoms with Gasteiger partial charge in [-0.25, -0.2) is 0 Å². The molecule has 0 spiro atoms. The molecule has 0 aromatic carbocycles. The lowest BCUT2D eigenvalue weighted by Gasteiger charge is -1.88. The van der Waals surface area contributed by atoms with Crippen LogP contribution in [0.1, 0.15) is 13.8 Å². The number of rotatable bonds is 4. The van der Waals surface area contributed by atoms with Crippen LogP contribution >= 0.6 is 0 Å². The maximum atomic E-state index is 8.55. The van der Waals surface area contributed by atoms with Gasteiger partial charge >= 0.3 is 0 Å². The third kappa shape index (κ3) is 5.69. The van der Waals surface area contributed by atoms with Crippen molar-refractivity contribution < 1.29 is 5.11 Å². The Balaban J connectivity index is 4.08. The van der Waals surface area contributed by atoms with Crippen molar-refractivity contribution in [2.75, 3.05) is 6.61 Å². The van der Waals surface area contributed by atoms with Gasteiger partial charge < -0.3 is 5.11 Å². The van der Waals surface area contributed by atoms with Gasteiger partial charge in [-0.1, -0.05) is 48.1 Å². The highest BCUT2D eigenvalue weighted by atomic mass is 16.2.